The minimum absolute atomic E-state index is 0.0241. The van der Waals surface area contributed by atoms with Crippen LogP contribution in [0.15, 0.2) is 24.8 Å². The van der Waals surface area contributed by atoms with Gasteiger partial charge in [0.25, 0.3) is 0 Å². The first kappa shape index (κ1) is 18.9. The number of nitrogens with two attached hydrogens (primary N) is 1. The predicted octanol–water partition coefficient (Wildman–Crippen LogP) is 1.04. The van der Waals surface area contributed by atoms with E-state index in [1.807, 2.05) is 0 Å². The standard InChI is InChI=1S/C18H22N2O5/c1-2-3-12-16(15(6-19)20-17(12)18(24)25)11-5-4-10(7-21)13(8-22)14(11)9-23/h2,4-5,20-23H,1,3,6-9,19H2,(H,24,25). The highest BCUT2D eigenvalue weighted by Crippen LogP contribution is 2.36. The first-order valence-electron chi connectivity index (χ1n) is 7.78. The second-order valence-electron chi connectivity index (χ2n) is 5.54. The molecular weight excluding hydrogens is 324 g/mol. The SMILES string of the molecule is C=CCc1c(C(=O)O)[nH]c(CN)c1-c1ccc(CO)c(CO)c1CO. The zero-order valence-electron chi connectivity index (χ0n) is 13.7. The molecule has 7 heteroatoms. The van der Waals surface area contributed by atoms with Crippen molar-refractivity contribution in [3.8, 4) is 11.1 Å². The van der Waals surface area contributed by atoms with Gasteiger partial charge in [0.2, 0.25) is 0 Å². The summed E-state index contributed by atoms with van der Waals surface area (Å²) < 4.78 is 0. The largest absolute Gasteiger partial charge is 0.477 e. The van der Waals surface area contributed by atoms with Crippen LogP contribution in [-0.2, 0) is 32.8 Å². The summed E-state index contributed by atoms with van der Waals surface area (Å²) in [5.41, 5.74) is 9.36. The average molecular weight is 346 g/mol. The number of H-pyrrole nitrogens is 1. The monoisotopic (exact) mass is 346 g/mol. The highest BCUT2D eigenvalue weighted by atomic mass is 16.4. The predicted molar refractivity (Wildman–Crippen MR) is 92.7 cm³/mol. The van der Waals surface area contributed by atoms with E-state index in [2.05, 4.69) is 11.6 Å². The maximum absolute atomic E-state index is 11.6. The van der Waals surface area contributed by atoms with Gasteiger partial charge in [-0.2, -0.15) is 0 Å². The Morgan fingerprint density at radius 3 is 2.28 bits per heavy atom. The van der Waals surface area contributed by atoms with Crippen molar-refractivity contribution in [3.63, 3.8) is 0 Å². The van der Waals surface area contributed by atoms with E-state index in [1.165, 1.54) is 0 Å². The molecule has 1 heterocycles. The lowest BCUT2D eigenvalue weighted by molar-refractivity contribution is 0.0690. The number of carbonyl (C=O) groups is 1. The van der Waals surface area contributed by atoms with Crippen molar-refractivity contribution in [1.29, 1.82) is 0 Å². The molecule has 0 bridgehead atoms. The van der Waals surface area contributed by atoms with Gasteiger partial charge in [0.15, 0.2) is 0 Å². The third-order valence-corrected chi connectivity index (χ3v) is 4.23. The zero-order chi connectivity index (χ0) is 18.6. The molecule has 0 radical (unpaired) electrons. The lowest BCUT2D eigenvalue weighted by Gasteiger charge is -2.17. The summed E-state index contributed by atoms with van der Waals surface area (Å²) in [7, 11) is 0. The van der Waals surface area contributed by atoms with Crippen molar-refractivity contribution >= 4 is 5.97 Å². The van der Waals surface area contributed by atoms with E-state index in [-0.39, 0.29) is 32.1 Å². The maximum atomic E-state index is 11.6. The van der Waals surface area contributed by atoms with Crippen molar-refractivity contribution in [1.82, 2.24) is 4.98 Å². The van der Waals surface area contributed by atoms with Gasteiger partial charge in [0, 0.05) is 17.8 Å². The molecule has 0 spiro atoms. The second kappa shape index (κ2) is 8.09. The van der Waals surface area contributed by atoms with Crippen LogP contribution in [0, 0.1) is 0 Å². The fraction of sp³-hybridized carbons (Fsp3) is 0.278. The Kier molecular flexibility index (Phi) is 6.11. The molecule has 0 fully saturated rings. The van der Waals surface area contributed by atoms with Crippen LogP contribution < -0.4 is 5.73 Å². The molecule has 25 heavy (non-hydrogen) atoms. The smallest absolute Gasteiger partial charge is 0.352 e. The first-order valence-corrected chi connectivity index (χ1v) is 7.78. The lowest BCUT2D eigenvalue weighted by atomic mass is 9.89. The molecule has 0 aliphatic rings. The number of hydrogen-bond acceptors (Lipinski definition) is 5. The van der Waals surface area contributed by atoms with Gasteiger partial charge in [-0.15, -0.1) is 6.58 Å². The molecule has 0 saturated heterocycles. The molecule has 7 nitrogen and oxygen atoms in total. The number of hydrogen-bond donors (Lipinski definition) is 6. The number of aromatic nitrogens is 1. The van der Waals surface area contributed by atoms with Crippen LogP contribution in [0.5, 0.6) is 0 Å². The van der Waals surface area contributed by atoms with Gasteiger partial charge in [0.05, 0.1) is 19.8 Å². The molecule has 134 valence electrons. The molecule has 0 atom stereocenters. The molecule has 7 N–H and O–H groups in total. The highest BCUT2D eigenvalue weighted by Gasteiger charge is 2.24. The third-order valence-electron chi connectivity index (χ3n) is 4.23. The Hall–Kier alpha value is -2.45. The van der Waals surface area contributed by atoms with Gasteiger partial charge in [-0.1, -0.05) is 18.2 Å². The molecule has 0 amide bonds. The molecule has 2 rings (SSSR count). The van der Waals surface area contributed by atoms with Crippen LogP contribution in [-0.4, -0.2) is 31.4 Å². The number of nitrogens with one attached hydrogen (secondary N) is 1. The Balaban J connectivity index is 2.85. The number of aliphatic hydroxyl groups is 3. The maximum Gasteiger partial charge on any atom is 0.352 e. The quantitative estimate of drug-likeness (QED) is 0.395. The number of aromatic carboxylic acids is 1. The average Bonchev–Trinajstić information content (AvgIpc) is 2.99. The van der Waals surface area contributed by atoms with Crippen LogP contribution in [0.1, 0.15) is 38.4 Å². The molecule has 0 aliphatic heterocycles. The fourth-order valence-electron chi connectivity index (χ4n) is 3.11. The number of aromatic amines is 1. The van der Waals surface area contributed by atoms with Gasteiger partial charge in [-0.3, -0.25) is 0 Å². The first-order chi connectivity index (χ1) is 12.0. The molecule has 0 saturated carbocycles. The minimum Gasteiger partial charge on any atom is -0.477 e. The van der Waals surface area contributed by atoms with Gasteiger partial charge >= 0.3 is 5.97 Å². The summed E-state index contributed by atoms with van der Waals surface area (Å²) in [6.45, 7) is 2.74. The van der Waals surface area contributed by atoms with E-state index in [0.29, 0.717) is 45.5 Å². The summed E-state index contributed by atoms with van der Waals surface area (Å²) >= 11 is 0. The third kappa shape index (κ3) is 3.35. The normalized spacial score (nSPS) is 10.9. The van der Waals surface area contributed by atoms with Crippen LogP contribution in [0.4, 0.5) is 0 Å². The van der Waals surface area contributed by atoms with Crippen LogP contribution in [0.3, 0.4) is 0 Å². The van der Waals surface area contributed by atoms with Gasteiger partial charge in [-0.25, -0.2) is 4.79 Å². The second-order valence-corrected chi connectivity index (χ2v) is 5.54. The van der Waals surface area contributed by atoms with Gasteiger partial charge in [0.1, 0.15) is 5.69 Å². The van der Waals surface area contributed by atoms with Gasteiger partial charge in [-0.05, 0) is 34.2 Å². The Bertz CT molecular complexity index is 795. The van der Waals surface area contributed by atoms with E-state index in [0.717, 1.165) is 0 Å². The van der Waals surface area contributed by atoms with Crippen LogP contribution in [0.2, 0.25) is 0 Å². The molecule has 1 aromatic carbocycles. The summed E-state index contributed by atoms with van der Waals surface area (Å²) in [6, 6.07) is 3.34. The van der Waals surface area contributed by atoms with Crippen molar-refractivity contribution in [2.75, 3.05) is 0 Å². The summed E-state index contributed by atoms with van der Waals surface area (Å²) in [5.74, 6) is -1.11. The van der Waals surface area contributed by atoms with E-state index in [1.54, 1.807) is 18.2 Å². The van der Waals surface area contributed by atoms with E-state index in [4.69, 9.17) is 5.73 Å². The van der Waals surface area contributed by atoms with E-state index in [9.17, 15) is 25.2 Å². The summed E-state index contributed by atoms with van der Waals surface area (Å²) in [5, 5.41) is 38.4. The van der Waals surface area contributed by atoms with Crippen LogP contribution >= 0.6 is 0 Å². The van der Waals surface area contributed by atoms with Crippen molar-refractivity contribution in [2.45, 2.75) is 32.8 Å². The summed E-state index contributed by atoms with van der Waals surface area (Å²) in [6.07, 6.45) is 1.89. The lowest BCUT2D eigenvalue weighted by Crippen LogP contribution is -2.06. The molecule has 0 unspecified atom stereocenters. The number of carboxylic acids is 1. The highest BCUT2D eigenvalue weighted by molar-refractivity contribution is 5.92. The van der Waals surface area contributed by atoms with Gasteiger partial charge < -0.3 is 31.1 Å². The number of benzene rings is 1. The number of carboxylic acid groups (broad SMARTS) is 1. The molecular formula is C18H22N2O5. The van der Waals surface area contributed by atoms with Crippen molar-refractivity contribution in [3.05, 3.63) is 58.4 Å². The molecule has 1 aromatic heterocycles. The number of aliphatic hydroxyl groups excluding tert-OH is 3. The Labute approximate surface area is 145 Å². The molecule has 2 aromatic rings. The Morgan fingerprint density at radius 1 is 1.12 bits per heavy atom. The fourth-order valence-corrected chi connectivity index (χ4v) is 3.11. The zero-order valence-corrected chi connectivity index (χ0v) is 13.7. The molecule has 0 aliphatic carbocycles. The minimum atomic E-state index is -1.11. The van der Waals surface area contributed by atoms with E-state index >= 15 is 0 Å². The number of rotatable bonds is 8. The topological polar surface area (TPSA) is 140 Å². The number of allylic oxidation sites excluding steroid dienone is 1. The summed E-state index contributed by atoms with van der Waals surface area (Å²) in [4.78, 5) is 14.4. The van der Waals surface area contributed by atoms with Crippen molar-refractivity contribution < 1.29 is 25.2 Å². The van der Waals surface area contributed by atoms with Crippen LogP contribution in [0.25, 0.3) is 11.1 Å². The van der Waals surface area contributed by atoms with Crippen molar-refractivity contribution in [2.24, 2.45) is 5.73 Å². The van der Waals surface area contributed by atoms with E-state index < -0.39 is 5.97 Å². The Morgan fingerprint density at radius 2 is 1.80 bits per heavy atom.